The number of benzene rings is 1. The molecule has 0 bridgehead atoms. The normalized spacial score (nSPS) is 11.8. The summed E-state index contributed by atoms with van der Waals surface area (Å²) in [5.74, 6) is -0.722. The van der Waals surface area contributed by atoms with Crippen molar-refractivity contribution in [3.8, 4) is 5.69 Å². The summed E-state index contributed by atoms with van der Waals surface area (Å²) >= 11 is 0. The van der Waals surface area contributed by atoms with Crippen LogP contribution in [-0.4, -0.2) is 29.1 Å². The molecular formula is C20H27N3O3. The third kappa shape index (κ3) is 4.73. The van der Waals surface area contributed by atoms with E-state index >= 15 is 0 Å². The number of nitrogens with one attached hydrogen (secondary N) is 2. The summed E-state index contributed by atoms with van der Waals surface area (Å²) in [6.07, 6.45) is 1.29. The number of aromatic nitrogens is 1. The molecule has 1 aromatic carbocycles. The molecule has 2 amide bonds. The van der Waals surface area contributed by atoms with Crippen LogP contribution in [0.2, 0.25) is 0 Å². The van der Waals surface area contributed by atoms with E-state index in [9.17, 15) is 9.59 Å². The minimum atomic E-state index is -0.612. The molecule has 0 spiro atoms. The molecule has 140 valence electrons. The molecule has 2 rings (SSSR count). The third-order valence-corrected chi connectivity index (χ3v) is 4.22. The van der Waals surface area contributed by atoms with Gasteiger partial charge in [0.15, 0.2) is 0 Å². The van der Waals surface area contributed by atoms with Gasteiger partial charge >= 0.3 is 0 Å². The van der Waals surface area contributed by atoms with Crippen LogP contribution in [0.3, 0.4) is 0 Å². The maximum absolute atomic E-state index is 12.5. The molecule has 1 heterocycles. The van der Waals surface area contributed by atoms with Crippen LogP contribution in [-0.2, 0) is 9.53 Å². The monoisotopic (exact) mass is 357 g/mol. The van der Waals surface area contributed by atoms with E-state index < -0.39 is 6.10 Å². The summed E-state index contributed by atoms with van der Waals surface area (Å²) in [4.78, 5) is 24.5. The highest BCUT2D eigenvalue weighted by atomic mass is 16.5. The maximum atomic E-state index is 12.5. The first-order chi connectivity index (χ1) is 12.5. The van der Waals surface area contributed by atoms with Crippen LogP contribution < -0.4 is 10.9 Å². The number of para-hydroxylation sites is 1. The van der Waals surface area contributed by atoms with Gasteiger partial charge in [-0.2, -0.15) is 0 Å². The lowest BCUT2D eigenvalue weighted by Gasteiger charge is -2.14. The Labute approximate surface area is 154 Å². The lowest BCUT2D eigenvalue weighted by molar-refractivity contribution is -0.132. The smallest absolute Gasteiger partial charge is 0.271 e. The van der Waals surface area contributed by atoms with Crippen molar-refractivity contribution in [3.05, 3.63) is 53.3 Å². The quantitative estimate of drug-likeness (QED) is 0.591. The number of rotatable bonds is 7. The molecule has 0 aliphatic carbocycles. The van der Waals surface area contributed by atoms with E-state index in [1.807, 2.05) is 54.8 Å². The molecule has 0 aliphatic rings. The number of carbonyl (C=O) groups excluding carboxylic acids is 2. The molecule has 1 unspecified atom stereocenters. The molecule has 0 saturated carbocycles. The minimum absolute atomic E-state index is 0.352. The number of aryl methyl sites for hydroxylation is 1. The topological polar surface area (TPSA) is 72.4 Å². The summed E-state index contributed by atoms with van der Waals surface area (Å²) in [6, 6.07) is 11.6. The number of carbonyl (C=O) groups is 2. The molecule has 6 heteroatoms. The number of hydrogen-bond donors (Lipinski definition) is 2. The predicted octanol–water partition coefficient (Wildman–Crippen LogP) is 3.06. The molecule has 26 heavy (non-hydrogen) atoms. The Morgan fingerprint density at radius 1 is 1.15 bits per heavy atom. The fourth-order valence-corrected chi connectivity index (χ4v) is 2.73. The maximum Gasteiger partial charge on any atom is 0.271 e. The first-order valence-electron chi connectivity index (χ1n) is 8.91. The van der Waals surface area contributed by atoms with Crippen LogP contribution in [0.1, 0.15) is 48.4 Å². The van der Waals surface area contributed by atoms with Crippen LogP contribution in [0.5, 0.6) is 0 Å². The predicted molar refractivity (Wildman–Crippen MR) is 101 cm³/mol. The second kappa shape index (κ2) is 9.20. The fourth-order valence-electron chi connectivity index (χ4n) is 2.73. The van der Waals surface area contributed by atoms with Gasteiger partial charge in [0, 0.05) is 23.7 Å². The number of unbranched alkanes of at least 4 members (excludes halogenated alkanes) is 1. The molecule has 0 aliphatic heterocycles. The highest BCUT2D eigenvalue weighted by Gasteiger charge is 2.18. The van der Waals surface area contributed by atoms with Gasteiger partial charge in [0.1, 0.15) is 6.10 Å². The summed E-state index contributed by atoms with van der Waals surface area (Å²) < 4.78 is 7.43. The van der Waals surface area contributed by atoms with Gasteiger partial charge in [0.05, 0.1) is 5.56 Å². The van der Waals surface area contributed by atoms with Crippen molar-refractivity contribution in [2.24, 2.45) is 0 Å². The zero-order chi connectivity index (χ0) is 19.1. The SMILES string of the molecule is CCCCOC(C)C(=O)NNC(=O)c1cc(C)n(-c2ccccc2)c1C. The van der Waals surface area contributed by atoms with E-state index in [-0.39, 0.29) is 11.8 Å². The largest absolute Gasteiger partial charge is 0.369 e. The molecule has 0 saturated heterocycles. The van der Waals surface area contributed by atoms with Gasteiger partial charge in [-0.15, -0.1) is 0 Å². The van der Waals surface area contributed by atoms with E-state index in [0.717, 1.165) is 29.9 Å². The number of hydrogen-bond acceptors (Lipinski definition) is 3. The number of hydrazine groups is 1. The van der Waals surface area contributed by atoms with Gasteiger partial charge in [0.25, 0.3) is 11.8 Å². The first kappa shape index (κ1) is 19.7. The zero-order valence-corrected chi connectivity index (χ0v) is 15.8. The van der Waals surface area contributed by atoms with Crippen molar-refractivity contribution >= 4 is 11.8 Å². The van der Waals surface area contributed by atoms with Crippen molar-refractivity contribution in [2.75, 3.05) is 6.61 Å². The van der Waals surface area contributed by atoms with Crippen LogP contribution >= 0.6 is 0 Å². The van der Waals surface area contributed by atoms with Crippen LogP contribution in [0.4, 0.5) is 0 Å². The van der Waals surface area contributed by atoms with Gasteiger partial charge in [-0.3, -0.25) is 20.4 Å². The van der Waals surface area contributed by atoms with E-state index in [0.29, 0.717) is 12.2 Å². The lowest BCUT2D eigenvalue weighted by atomic mass is 10.2. The number of ether oxygens (including phenoxy) is 1. The summed E-state index contributed by atoms with van der Waals surface area (Å²) in [5.41, 5.74) is 8.17. The van der Waals surface area contributed by atoms with Crippen LogP contribution in [0.15, 0.2) is 36.4 Å². The molecule has 2 N–H and O–H groups in total. The molecular weight excluding hydrogens is 330 g/mol. The second-order valence-corrected chi connectivity index (χ2v) is 6.27. The molecule has 6 nitrogen and oxygen atoms in total. The highest BCUT2D eigenvalue weighted by Crippen LogP contribution is 2.20. The van der Waals surface area contributed by atoms with E-state index in [2.05, 4.69) is 17.8 Å². The van der Waals surface area contributed by atoms with Crippen LogP contribution in [0.25, 0.3) is 5.69 Å². The van der Waals surface area contributed by atoms with Gasteiger partial charge in [-0.05, 0) is 45.4 Å². The standard InChI is InChI=1S/C20H27N3O3/c1-5-6-12-26-16(4)19(24)21-22-20(25)18-13-14(2)23(15(18)3)17-10-8-7-9-11-17/h7-11,13,16H,5-6,12H2,1-4H3,(H,21,24)(H,22,25). The molecule has 0 radical (unpaired) electrons. The third-order valence-electron chi connectivity index (χ3n) is 4.22. The number of nitrogens with zero attached hydrogens (tertiary/aromatic N) is 1. The fraction of sp³-hybridized carbons (Fsp3) is 0.400. The van der Waals surface area contributed by atoms with Crippen molar-refractivity contribution in [1.29, 1.82) is 0 Å². The summed E-state index contributed by atoms with van der Waals surface area (Å²) in [7, 11) is 0. The van der Waals surface area contributed by atoms with Gasteiger partial charge in [-0.25, -0.2) is 0 Å². The average molecular weight is 357 g/mol. The van der Waals surface area contributed by atoms with Gasteiger partial charge in [-0.1, -0.05) is 31.5 Å². The Morgan fingerprint density at radius 2 is 1.85 bits per heavy atom. The second-order valence-electron chi connectivity index (χ2n) is 6.27. The van der Waals surface area contributed by atoms with Crippen molar-refractivity contribution in [3.63, 3.8) is 0 Å². The molecule has 1 aromatic heterocycles. The van der Waals surface area contributed by atoms with E-state index in [4.69, 9.17) is 4.74 Å². The average Bonchev–Trinajstić information content (AvgIpc) is 2.94. The highest BCUT2D eigenvalue weighted by molar-refractivity contribution is 5.97. The molecule has 2 aromatic rings. The van der Waals surface area contributed by atoms with Gasteiger partial charge < -0.3 is 9.30 Å². The summed E-state index contributed by atoms with van der Waals surface area (Å²) in [5, 5.41) is 0. The lowest BCUT2D eigenvalue weighted by Crippen LogP contribution is -2.46. The van der Waals surface area contributed by atoms with E-state index in [1.165, 1.54) is 0 Å². The zero-order valence-electron chi connectivity index (χ0n) is 15.8. The van der Waals surface area contributed by atoms with E-state index in [1.54, 1.807) is 6.92 Å². The Morgan fingerprint density at radius 3 is 2.50 bits per heavy atom. The first-order valence-corrected chi connectivity index (χ1v) is 8.91. The Bertz CT molecular complexity index is 753. The van der Waals surface area contributed by atoms with Crippen molar-refractivity contribution in [1.82, 2.24) is 15.4 Å². The van der Waals surface area contributed by atoms with Gasteiger partial charge in [0.2, 0.25) is 0 Å². The summed E-state index contributed by atoms with van der Waals surface area (Å²) in [6.45, 7) is 8.07. The van der Waals surface area contributed by atoms with Crippen molar-refractivity contribution < 1.29 is 14.3 Å². The molecule has 1 atom stereocenters. The minimum Gasteiger partial charge on any atom is -0.369 e. The number of amides is 2. The molecule has 0 fully saturated rings. The van der Waals surface area contributed by atoms with Crippen molar-refractivity contribution in [2.45, 2.75) is 46.6 Å². The Kier molecular flexibility index (Phi) is 6.97. The Balaban J connectivity index is 2.01. The Hall–Kier alpha value is -2.60. The van der Waals surface area contributed by atoms with Crippen LogP contribution in [0, 0.1) is 13.8 Å².